The van der Waals surface area contributed by atoms with Gasteiger partial charge in [0.2, 0.25) is 11.8 Å². The highest BCUT2D eigenvalue weighted by Gasteiger charge is 2.29. The summed E-state index contributed by atoms with van der Waals surface area (Å²) in [7, 11) is 0. The van der Waals surface area contributed by atoms with Crippen LogP contribution in [-0.2, 0) is 9.59 Å². The Labute approximate surface area is 106 Å². The fourth-order valence-electron chi connectivity index (χ4n) is 1.69. The van der Waals surface area contributed by atoms with E-state index in [1.165, 1.54) is 6.07 Å². The fraction of sp³-hybridized carbons (Fsp3) is 0.300. The molecule has 0 saturated carbocycles. The second kappa shape index (κ2) is 4.88. The quantitative estimate of drug-likeness (QED) is 0.383. The summed E-state index contributed by atoms with van der Waals surface area (Å²) in [5.74, 6) is -1.91. The van der Waals surface area contributed by atoms with Crippen molar-refractivity contribution in [3.63, 3.8) is 0 Å². The third kappa shape index (κ3) is 2.76. The SMILES string of the molecule is O=C1CCC(NC(=O)c2ccc([N+](=O)[O-])[nH]2)C(=O)N1. The fourth-order valence-corrected chi connectivity index (χ4v) is 1.69. The average Bonchev–Trinajstić information content (AvgIpc) is 2.82. The van der Waals surface area contributed by atoms with Gasteiger partial charge in [-0.2, -0.15) is 0 Å². The zero-order valence-corrected chi connectivity index (χ0v) is 9.63. The number of nitrogens with one attached hydrogen (secondary N) is 3. The zero-order valence-electron chi connectivity index (χ0n) is 9.63. The monoisotopic (exact) mass is 266 g/mol. The first-order valence-corrected chi connectivity index (χ1v) is 5.45. The predicted molar refractivity (Wildman–Crippen MR) is 61.1 cm³/mol. The molecule has 0 aliphatic carbocycles. The number of amides is 3. The van der Waals surface area contributed by atoms with Gasteiger partial charge in [-0.3, -0.25) is 19.7 Å². The summed E-state index contributed by atoms with van der Waals surface area (Å²) in [6.07, 6.45) is 0.348. The van der Waals surface area contributed by atoms with E-state index >= 15 is 0 Å². The van der Waals surface area contributed by atoms with Crippen LogP contribution in [0, 0.1) is 10.1 Å². The average molecular weight is 266 g/mol. The van der Waals surface area contributed by atoms with Crippen molar-refractivity contribution >= 4 is 23.5 Å². The Morgan fingerprint density at radius 2 is 2.16 bits per heavy atom. The molecule has 100 valence electrons. The molecular weight excluding hydrogens is 256 g/mol. The first-order valence-electron chi connectivity index (χ1n) is 5.45. The standard InChI is InChI=1S/C10H10N4O5/c15-8-4-2-6(10(17)13-8)12-9(16)5-1-3-7(11-5)14(18)19/h1,3,6,11H,2,4H2,(H,12,16)(H,13,15,17). The maximum absolute atomic E-state index is 11.7. The topological polar surface area (TPSA) is 134 Å². The third-order valence-corrected chi connectivity index (χ3v) is 2.66. The number of aromatic amines is 1. The molecule has 1 aromatic heterocycles. The van der Waals surface area contributed by atoms with Crippen molar-refractivity contribution in [1.82, 2.24) is 15.6 Å². The summed E-state index contributed by atoms with van der Waals surface area (Å²) < 4.78 is 0. The molecule has 9 heteroatoms. The molecule has 3 N–H and O–H groups in total. The van der Waals surface area contributed by atoms with Crippen molar-refractivity contribution in [2.45, 2.75) is 18.9 Å². The van der Waals surface area contributed by atoms with E-state index < -0.39 is 22.8 Å². The first-order chi connectivity index (χ1) is 8.97. The van der Waals surface area contributed by atoms with Gasteiger partial charge in [-0.1, -0.05) is 0 Å². The van der Waals surface area contributed by atoms with Crippen LogP contribution in [0.15, 0.2) is 12.1 Å². The predicted octanol–water partition coefficient (Wildman–Crippen LogP) is -0.542. The number of imide groups is 1. The molecule has 3 amide bonds. The lowest BCUT2D eigenvalue weighted by molar-refractivity contribution is -0.389. The van der Waals surface area contributed by atoms with Crippen molar-refractivity contribution in [1.29, 1.82) is 0 Å². The summed E-state index contributed by atoms with van der Waals surface area (Å²) in [5.41, 5.74) is -0.0172. The Balaban J connectivity index is 2.02. The minimum Gasteiger partial charge on any atom is -0.358 e. The van der Waals surface area contributed by atoms with Crippen LogP contribution in [0.3, 0.4) is 0 Å². The Morgan fingerprint density at radius 3 is 2.74 bits per heavy atom. The second-order valence-corrected chi connectivity index (χ2v) is 3.99. The molecule has 0 spiro atoms. The van der Waals surface area contributed by atoms with Gasteiger partial charge in [0.15, 0.2) is 5.69 Å². The van der Waals surface area contributed by atoms with Gasteiger partial charge in [0, 0.05) is 12.5 Å². The molecule has 0 radical (unpaired) electrons. The second-order valence-electron chi connectivity index (χ2n) is 3.99. The number of piperidine rings is 1. The number of carbonyl (C=O) groups excluding carboxylic acids is 3. The summed E-state index contributed by atoms with van der Waals surface area (Å²) >= 11 is 0. The van der Waals surface area contributed by atoms with E-state index in [2.05, 4.69) is 15.6 Å². The third-order valence-electron chi connectivity index (χ3n) is 2.66. The lowest BCUT2D eigenvalue weighted by Gasteiger charge is -2.20. The molecule has 19 heavy (non-hydrogen) atoms. The van der Waals surface area contributed by atoms with Crippen molar-refractivity contribution in [2.75, 3.05) is 0 Å². The van der Waals surface area contributed by atoms with E-state index in [1.807, 2.05) is 0 Å². The Morgan fingerprint density at radius 1 is 1.42 bits per heavy atom. The molecule has 0 bridgehead atoms. The molecular formula is C10H10N4O5. The molecule has 0 aromatic carbocycles. The van der Waals surface area contributed by atoms with Gasteiger partial charge in [0.05, 0.1) is 0 Å². The molecule has 1 aliphatic heterocycles. The summed E-state index contributed by atoms with van der Waals surface area (Å²) in [6.45, 7) is 0. The van der Waals surface area contributed by atoms with Gasteiger partial charge in [-0.15, -0.1) is 0 Å². The normalized spacial score (nSPS) is 18.8. The molecule has 2 rings (SSSR count). The molecule has 2 heterocycles. The Kier molecular flexibility index (Phi) is 3.27. The minimum atomic E-state index is -0.812. The highest BCUT2D eigenvalue weighted by molar-refractivity contribution is 6.03. The largest absolute Gasteiger partial charge is 0.358 e. The molecule has 1 unspecified atom stereocenters. The summed E-state index contributed by atoms with van der Waals surface area (Å²) in [4.78, 5) is 46.2. The van der Waals surface area contributed by atoms with Gasteiger partial charge in [0.1, 0.15) is 6.04 Å². The number of nitrogens with zero attached hydrogens (tertiary/aromatic N) is 1. The van der Waals surface area contributed by atoms with Crippen LogP contribution in [0.2, 0.25) is 0 Å². The number of aromatic nitrogens is 1. The minimum absolute atomic E-state index is 0.0172. The van der Waals surface area contributed by atoms with Crippen molar-refractivity contribution in [3.05, 3.63) is 27.9 Å². The van der Waals surface area contributed by atoms with Gasteiger partial charge in [-0.05, 0) is 17.4 Å². The van der Waals surface area contributed by atoms with E-state index in [0.29, 0.717) is 0 Å². The smallest absolute Gasteiger partial charge is 0.321 e. The Bertz CT molecular complexity index is 564. The number of hydrogen-bond acceptors (Lipinski definition) is 5. The van der Waals surface area contributed by atoms with Gasteiger partial charge >= 0.3 is 5.82 Å². The molecule has 1 aliphatic rings. The number of nitro groups is 1. The molecule has 9 nitrogen and oxygen atoms in total. The van der Waals surface area contributed by atoms with Crippen molar-refractivity contribution < 1.29 is 19.3 Å². The number of rotatable bonds is 3. The van der Waals surface area contributed by atoms with Gasteiger partial charge in [0.25, 0.3) is 5.91 Å². The van der Waals surface area contributed by atoms with Crippen molar-refractivity contribution in [3.8, 4) is 0 Å². The van der Waals surface area contributed by atoms with E-state index in [9.17, 15) is 24.5 Å². The molecule has 1 saturated heterocycles. The highest BCUT2D eigenvalue weighted by atomic mass is 16.6. The van der Waals surface area contributed by atoms with Crippen molar-refractivity contribution in [2.24, 2.45) is 0 Å². The van der Waals surface area contributed by atoms with E-state index in [4.69, 9.17) is 0 Å². The lowest BCUT2D eigenvalue weighted by Crippen LogP contribution is -2.52. The number of hydrogen-bond donors (Lipinski definition) is 3. The van der Waals surface area contributed by atoms with Gasteiger partial charge in [-0.25, -0.2) is 4.98 Å². The highest BCUT2D eigenvalue weighted by Crippen LogP contribution is 2.11. The summed E-state index contributed by atoms with van der Waals surface area (Å²) in [6, 6.07) is 1.59. The van der Waals surface area contributed by atoms with Crippen LogP contribution in [0.25, 0.3) is 0 Å². The number of H-pyrrole nitrogens is 1. The van der Waals surface area contributed by atoms with Crippen LogP contribution in [0.5, 0.6) is 0 Å². The van der Waals surface area contributed by atoms with E-state index in [-0.39, 0.29) is 30.3 Å². The number of carbonyl (C=O) groups is 3. The maximum Gasteiger partial charge on any atom is 0.321 e. The molecule has 1 aromatic rings. The van der Waals surface area contributed by atoms with Crippen LogP contribution in [0.4, 0.5) is 5.82 Å². The summed E-state index contributed by atoms with van der Waals surface area (Å²) in [5, 5.41) is 15.0. The van der Waals surface area contributed by atoms with Gasteiger partial charge < -0.3 is 15.4 Å². The molecule has 1 fully saturated rings. The maximum atomic E-state index is 11.7. The zero-order chi connectivity index (χ0) is 14.0. The van der Waals surface area contributed by atoms with Crippen LogP contribution < -0.4 is 10.6 Å². The van der Waals surface area contributed by atoms with Crippen LogP contribution in [-0.4, -0.2) is 33.7 Å². The lowest BCUT2D eigenvalue weighted by atomic mass is 10.1. The van der Waals surface area contributed by atoms with E-state index in [0.717, 1.165) is 6.07 Å². The Hall–Kier alpha value is -2.71. The first kappa shape index (κ1) is 12.7. The molecule has 1 atom stereocenters. The van der Waals surface area contributed by atoms with Crippen LogP contribution >= 0.6 is 0 Å². The van der Waals surface area contributed by atoms with Crippen LogP contribution in [0.1, 0.15) is 23.3 Å². The van der Waals surface area contributed by atoms with E-state index in [1.54, 1.807) is 0 Å².